The van der Waals surface area contributed by atoms with Gasteiger partial charge >= 0.3 is 0 Å². The molecule has 1 atom stereocenters. The number of thiophene rings is 1. The summed E-state index contributed by atoms with van der Waals surface area (Å²) < 4.78 is 0. The van der Waals surface area contributed by atoms with Crippen LogP contribution in [0.3, 0.4) is 0 Å². The minimum absolute atomic E-state index is 0.0305. The van der Waals surface area contributed by atoms with Crippen LogP contribution in [0, 0.1) is 5.92 Å². The highest BCUT2D eigenvalue weighted by molar-refractivity contribution is 7.14. The zero-order valence-electron chi connectivity index (χ0n) is 16.9. The highest BCUT2D eigenvalue weighted by Gasteiger charge is 2.42. The molecule has 152 valence electrons. The van der Waals surface area contributed by atoms with E-state index in [0.717, 1.165) is 11.3 Å². The van der Waals surface area contributed by atoms with Gasteiger partial charge in [0, 0.05) is 30.2 Å². The first-order valence-electron chi connectivity index (χ1n) is 10.4. The number of hydrogen-bond donors (Lipinski definition) is 2. The number of fused-ring (bicyclic) bond motifs is 1. The maximum absolute atomic E-state index is 12.7. The molecule has 2 N–H and O–H groups in total. The van der Waals surface area contributed by atoms with Crippen molar-refractivity contribution >= 4 is 23.2 Å². The van der Waals surface area contributed by atoms with Gasteiger partial charge < -0.3 is 10.6 Å². The van der Waals surface area contributed by atoms with Crippen molar-refractivity contribution in [3.05, 3.63) is 92.7 Å². The Morgan fingerprint density at radius 2 is 1.53 bits per heavy atom. The molecule has 2 aromatic carbocycles. The van der Waals surface area contributed by atoms with Gasteiger partial charge in [0.2, 0.25) is 5.91 Å². The van der Waals surface area contributed by atoms with Crippen LogP contribution in [0.2, 0.25) is 0 Å². The lowest BCUT2D eigenvalue weighted by molar-refractivity contribution is -0.119. The predicted molar refractivity (Wildman–Crippen MR) is 119 cm³/mol. The maximum Gasteiger partial charge on any atom is 0.261 e. The molecule has 30 heavy (non-hydrogen) atoms. The van der Waals surface area contributed by atoms with Gasteiger partial charge in [0.05, 0.1) is 11.4 Å². The second-order valence-electron chi connectivity index (χ2n) is 8.17. The van der Waals surface area contributed by atoms with Gasteiger partial charge in [-0.25, -0.2) is 0 Å². The van der Waals surface area contributed by atoms with Gasteiger partial charge in [0.25, 0.3) is 5.91 Å². The SMILES string of the molecule is CC(=O)NCc1ccc(C(=O)NCC2CC3c4ccccc4C2c2ccccc23)s1. The van der Waals surface area contributed by atoms with E-state index in [4.69, 9.17) is 0 Å². The normalized spacial score (nSPS) is 20.9. The average molecular weight is 417 g/mol. The molecule has 0 saturated heterocycles. The van der Waals surface area contributed by atoms with Gasteiger partial charge in [-0.15, -0.1) is 11.3 Å². The van der Waals surface area contributed by atoms with Gasteiger partial charge in [-0.1, -0.05) is 48.5 Å². The van der Waals surface area contributed by atoms with Crippen molar-refractivity contribution < 1.29 is 9.59 Å². The minimum atomic E-state index is -0.0673. The molecule has 0 radical (unpaired) electrons. The number of rotatable bonds is 5. The summed E-state index contributed by atoms with van der Waals surface area (Å²) >= 11 is 1.44. The molecule has 3 aliphatic rings. The summed E-state index contributed by atoms with van der Waals surface area (Å²) in [6, 6.07) is 21.3. The first-order valence-corrected chi connectivity index (χ1v) is 11.2. The summed E-state index contributed by atoms with van der Waals surface area (Å²) in [5.41, 5.74) is 5.73. The highest BCUT2D eigenvalue weighted by atomic mass is 32.1. The van der Waals surface area contributed by atoms with Crippen molar-refractivity contribution in [2.24, 2.45) is 5.92 Å². The summed E-state index contributed by atoms with van der Waals surface area (Å²) in [6.45, 7) is 2.63. The van der Waals surface area contributed by atoms with Crippen LogP contribution < -0.4 is 10.6 Å². The molecular weight excluding hydrogens is 392 g/mol. The lowest BCUT2D eigenvalue weighted by atomic mass is 9.59. The first kappa shape index (κ1) is 19.1. The maximum atomic E-state index is 12.7. The molecule has 3 aromatic rings. The average Bonchev–Trinajstić information content (AvgIpc) is 3.25. The second-order valence-corrected chi connectivity index (χ2v) is 9.34. The Morgan fingerprint density at radius 3 is 2.17 bits per heavy atom. The van der Waals surface area contributed by atoms with E-state index in [9.17, 15) is 9.59 Å². The van der Waals surface area contributed by atoms with Crippen molar-refractivity contribution in [2.75, 3.05) is 6.54 Å². The molecular formula is C25H24N2O2S. The molecule has 2 bridgehead atoms. The number of carbonyl (C=O) groups is 2. The molecule has 1 unspecified atom stereocenters. The van der Waals surface area contributed by atoms with Crippen LogP contribution >= 0.6 is 11.3 Å². The summed E-state index contributed by atoms with van der Waals surface area (Å²) in [6.07, 6.45) is 1.07. The monoisotopic (exact) mass is 416 g/mol. The smallest absolute Gasteiger partial charge is 0.261 e. The van der Waals surface area contributed by atoms with Crippen LogP contribution in [0.15, 0.2) is 60.7 Å². The number of hydrogen-bond acceptors (Lipinski definition) is 3. The molecule has 0 fully saturated rings. The predicted octanol–water partition coefficient (Wildman–Crippen LogP) is 4.41. The van der Waals surface area contributed by atoms with Crippen molar-refractivity contribution in [3.63, 3.8) is 0 Å². The molecule has 1 aromatic heterocycles. The fraction of sp³-hybridized carbons (Fsp3) is 0.280. The molecule has 2 amide bonds. The number of amides is 2. The molecule has 3 aliphatic carbocycles. The summed E-state index contributed by atoms with van der Waals surface area (Å²) in [7, 11) is 0. The summed E-state index contributed by atoms with van der Waals surface area (Å²) in [5, 5.41) is 5.95. The van der Waals surface area contributed by atoms with E-state index in [1.165, 1.54) is 40.5 Å². The standard InChI is InChI=1S/C25H24N2O2S/c1-15(28)26-14-17-10-11-23(30-17)25(29)27-13-16-12-22-18-6-2-4-8-20(18)24(16)21-9-5-3-7-19(21)22/h2-11,16,22,24H,12-14H2,1H3,(H,26,28)(H,27,29). The van der Waals surface area contributed by atoms with Crippen LogP contribution in [0.1, 0.15) is 62.0 Å². The topological polar surface area (TPSA) is 58.2 Å². The third kappa shape index (κ3) is 3.33. The Balaban J connectivity index is 1.32. The number of carbonyl (C=O) groups excluding carboxylic acids is 2. The highest BCUT2D eigenvalue weighted by Crippen LogP contribution is 2.55. The molecule has 4 nitrogen and oxygen atoms in total. The van der Waals surface area contributed by atoms with Crippen LogP contribution in [-0.4, -0.2) is 18.4 Å². The molecule has 6 rings (SSSR count). The van der Waals surface area contributed by atoms with E-state index in [2.05, 4.69) is 59.2 Å². The second kappa shape index (κ2) is 7.73. The summed E-state index contributed by atoms with van der Waals surface area (Å²) in [5.74, 6) is 1.04. The first-order chi connectivity index (χ1) is 14.6. The van der Waals surface area contributed by atoms with Crippen LogP contribution in [0.4, 0.5) is 0 Å². The van der Waals surface area contributed by atoms with Crippen LogP contribution in [0.25, 0.3) is 0 Å². The Hall–Kier alpha value is -2.92. The van der Waals surface area contributed by atoms with E-state index >= 15 is 0 Å². The van der Waals surface area contributed by atoms with E-state index < -0.39 is 0 Å². The largest absolute Gasteiger partial charge is 0.351 e. The van der Waals surface area contributed by atoms with E-state index in [-0.39, 0.29) is 11.8 Å². The van der Waals surface area contributed by atoms with Gasteiger partial charge in [-0.2, -0.15) is 0 Å². The minimum Gasteiger partial charge on any atom is -0.351 e. The van der Waals surface area contributed by atoms with Gasteiger partial charge in [0.1, 0.15) is 0 Å². The molecule has 0 saturated carbocycles. The molecule has 0 aliphatic heterocycles. The molecule has 5 heteroatoms. The van der Waals surface area contributed by atoms with E-state index in [1.54, 1.807) is 0 Å². The Morgan fingerprint density at radius 1 is 0.900 bits per heavy atom. The molecule has 0 spiro atoms. The third-order valence-corrected chi connectivity index (χ3v) is 7.43. The third-order valence-electron chi connectivity index (χ3n) is 6.34. The van der Waals surface area contributed by atoms with Crippen LogP contribution in [-0.2, 0) is 11.3 Å². The van der Waals surface area contributed by atoms with Gasteiger partial charge in [0.15, 0.2) is 0 Å². The fourth-order valence-electron chi connectivity index (χ4n) is 5.08. The van der Waals surface area contributed by atoms with E-state index in [0.29, 0.717) is 35.7 Å². The number of nitrogens with one attached hydrogen (secondary N) is 2. The van der Waals surface area contributed by atoms with Gasteiger partial charge in [-0.05, 0) is 46.7 Å². The lowest BCUT2D eigenvalue weighted by Gasteiger charge is -2.45. The van der Waals surface area contributed by atoms with Crippen molar-refractivity contribution in [2.45, 2.75) is 31.7 Å². The fourth-order valence-corrected chi connectivity index (χ4v) is 5.94. The zero-order chi connectivity index (χ0) is 20.7. The number of benzene rings is 2. The summed E-state index contributed by atoms with van der Waals surface area (Å²) in [4.78, 5) is 25.5. The lowest BCUT2D eigenvalue weighted by Crippen LogP contribution is -2.39. The van der Waals surface area contributed by atoms with E-state index in [1.807, 2.05) is 12.1 Å². The zero-order valence-corrected chi connectivity index (χ0v) is 17.7. The van der Waals surface area contributed by atoms with Crippen molar-refractivity contribution in [3.8, 4) is 0 Å². The molecule has 1 heterocycles. The van der Waals surface area contributed by atoms with Crippen molar-refractivity contribution in [1.29, 1.82) is 0 Å². The Bertz CT molecular complexity index is 1070. The van der Waals surface area contributed by atoms with Crippen molar-refractivity contribution in [1.82, 2.24) is 10.6 Å². The Labute approximate surface area is 180 Å². The Kier molecular flexibility index (Phi) is 4.91. The van der Waals surface area contributed by atoms with Crippen LogP contribution in [0.5, 0.6) is 0 Å². The quantitative estimate of drug-likeness (QED) is 0.647. The van der Waals surface area contributed by atoms with Gasteiger partial charge in [-0.3, -0.25) is 9.59 Å².